The zero-order chi connectivity index (χ0) is 12.8. The molecule has 1 heterocycles. The second-order valence-corrected chi connectivity index (χ2v) is 4.20. The van der Waals surface area contributed by atoms with E-state index in [-0.39, 0.29) is 11.9 Å². The number of hydrogen-bond donors (Lipinski definition) is 2. The molecule has 0 fully saturated rings. The third-order valence-corrected chi connectivity index (χ3v) is 2.83. The summed E-state index contributed by atoms with van der Waals surface area (Å²) in [5, 5.41) is 9.48. The first-order valence-electron chi connectivity index (χ1n) is 6.16. The molecule has 0 aliphatic carbocycles. The van der Waals surface area contributed by atoms with Crippen LogP contribution < -0.4 is 5.32 Å². The lowest BCUT2D eigenvalue weighted by atomic mass is 10.0. The van der Waals surface area contributed by atoms with Crippen LogP contribution >= 0.6 is 0 Å². The molecule has 2 aromatic rings. The number of aromatic amines is 1. The Bertz CT molecular complexity index is 479. The molecule has 0 saturated carbocycles. The number of H-pyrrole nitrogens is 1. The fraction of sp³-hybridized carbons (Fsp3) is 0.286. The van der Waals surface area contributed by atoms with Crippen LogP contribution in [0.15, 0.2) is 42.6 Å². The molecule has 2 rings (SSSR count). The maximum atomic E-state index is 12.0. The second kappa shape index (κ2) is 6.00. The standard InChI is InChI=1S/C14H17N3O/c1-2-6-12(11-7-4-3-5-8-11)16-14(18)13-9-10-15-17-13/h3-5,7-10,12H,2,6H2,1H3,(H,15,17)(H,16,18). The summed E-state index contributed by atoms with van der Waals surface area (Å²) in [6, 6.07) is 11.7. The summed E-state index contributed by atoms with van der Waals surface area (Å²) >= 11 is 0. The number of hydrogen-bond acceptors (Lipinski definition) is 2. The quantitative estimate of drug-likeness (QED) is 0.848. The first-order valence-corrected chi connectivity index (χ1v) is 6.16. The lowest BCUT2D eigenvalue weighted by molar-refractivity contribution is 0.0929. The van der Waals surface area contributed by atoms with E-state index in [9.17, 15) is 4.79 Å². The topological polar surface area (TPSA) is 57.8 Å². The molecule has 0 aliphatic rings. The van der Waals surface area contributed by atoms with Crippen molar-refractivity contribution in [3.63, 3.8) is 0 Å². The Kier molecular flexibility index (Phi) is 4.12. The van der Waals surface area contributed by atoms with Crippen LogP contribution in [0.5, 0.6) is 0 Å². The minimum Gasteiger partial charge on any atom is -0.344 e. The Morgan fingerprint density at radius 3 is 2.72 bits per heavy atom. The summed E-state index contributed by atoms with van der Waals surface area (Å²) in [6.07, 6.45) is 3.51. The monoisotopic (exact) mass is 243 g/mol. The van der Waals surface area contributed by atoms with Gasteiger partial charge in [0.1, 0.15) is 5.69 Å². The molecular formula is C14H17N3O. The highest BCUT2D eigenvalue weighted by molar-refractivity contribution is 5.92. The summed E-state index contributed by atoms with van der Waals surface area (Å²) in [4.78, 5) is 12.0. The smallest absolute Gasteiger partial charge is 0.269 e. The van der Waals surface area contributed by atoms with Gasteiger partial charge in [0.05, 0.1) is 6.04 Å². The van der Waals surface area contributed by atoms with Crippen LogP contribution in [-0.4, -0.2) is 16.1 Å². The van der Waals surface area contributed by atoms with E-state index < -0.39 is 0 Å². The van der Waals surface area contributed by atoms with Gasteiger partial charge in [-0.15, -0.1) is 0 Å². The molecule has 1 atom stereocenters. The van der Waals surface area contributed by atoms with Crippen molar-refractivity contribution in [3.8, 4) is 0 Å². The van der Waals surface area contributed by atoms with Crippen molar-refractivity contribution in [2.45, 2.75) is 25.8 Å². The van der Waals surface area contributed by atoms with E-state index in [2.05, 4.69) is 22.4 Å². The van der Waals surface area contributed by atoms with Gasteiger partial charge >= 0.3 is 0 Å². The van der Waals surface area contributed by atoms with Crippen LogP contribution in [0.2, 0.25) is 0 Å². The van der Waals surface area contributed by atoms with Crippen LogP contribution in [-0.2, 0) is 0 Å². The van der Waals surface area contributed by atoms with Gasteiger partial charge in [0.25, 0.3) is 5.91 Å². The fourth-order valence-corrected chi connectivity index (χ4v) is 1.91. The summed E-state index contributed by atoms with van der Waals surface area (Å²) in [5.41, 5.74) is 1.62. The maximum absolute atomic E-state index is 12.0. The first-order chi connectivity index (χ1) is 8.81. The van der Waals surface area contributed by atoms with Gasteiger partial charge in [-0.1, -0.05) is 43.7 Å². The molecule has 1 aromatic carbocycles. The molecule has 0 bridgehead atoms. The highest BCUT2D eigenvalue weighted by Gasteiger charge is 2.15. The molecule has 18 heavy (non-hydrogen) atoms. The highest BCUT2D eigenvalue weighted by atomic mass is 16.2. The van der Waals surface area contributed by atoms with E-state index in [4.69, 9.17) is 0 Å². The Balaban J connectivity index is 2.10. The van der Waals surface area contributed by atoms with Gasteiger partial charge in [0, 0.05) is 6.20 Å². The summed E-state index contributed by atoms with van der Waals surface area (Å²) in [5.74, 6) is -0.116. The average molecular weight is 243 g/mol. The molecule has 0 radical (unpaired) electrons. The van der Waals surface area contributed by atoms with Gasteiger partial charge in [-0.2, -0.15) is 5.10 Å². The number of carbonyl (C=O) groups is 1. The van der Waals surface area contributed by atoms with E-state index in [1.807, 2.05) is 30.3 Å². The first kappa shape index (κ1) is 12.4. The maximum Gasteiger partial charge on any atom is 0.269 e. The minimum absolute atomic E-state index is 0.0481. The normalized spacial score (nSPS) is 12.1. The molecule has 0 aliphatic heterocycles. The van der Waals surface area contributed by atoms with Gasteiger partial charge in [0.15, 0.2) is 0 Å². The zero-order valence-corrected chi connectivity index (χ0v) is 10.4. The largest absolute Gasteiger partial charge is 0.344 e. The number of nitrogens with one attached hydrogen (secondary N) is 2. The summed E-state index contributed by atoms with van der Waals surface area (Å²) < 4.78 is 0. The van der Waals surface area contributed by atoms with E-state index in [0.29, 0.717) is 5.69 Å². The molecule has 1 amide bonds. The third kappa shape index (κ3) is 2.97. The lowest BCUT2D eigenvalue weighted by Gasteiger charge is -2.18. The minimum atomic E-state index is -0.116. The van der Waals surface area contributed by atoms with Crippen LogP contribution in [0.25, 0.3) is 0 Å². The van der Waals surface area contributed by atoms with Gasteiger partial charge < -0.3 is 5.32 Å². The molecule has 0 spiro atoms. The van der Waals surface area contributed by atoms with E-state index >= 15 is 0 Å². The number of rotatable bonds is 5. The van der Waals surface area contributed by atoms with Crippen molar-refractivity contribution in [3.05, 3.63) is 53.9 Å². The summed E-state index contributed by atoms with van der Waals surface area (Å²) in [6.45, 7) is 2.11. The van der Waals surface area contributed by atoms with Crippen LogP contribution in [0.1, 0.15) is 41.9 Å². The number of amides is 1. The lowest BCUT2D eigenvalue weighted by Crippen LogP contribution is -2.28. The predicted molar refractivity (Wildman–Crippen MR) is 70.1 cm³/mol. The third-order valence-electron chi connectivity index (χ3n) is 2.83. The van der Waals surface area contributed by atoms with Gasteiger partial charge in [-0.3, -0.25) is 9.89 Å². The number of benzene rings is 1. The Hall–Kier alpha value is -2.10. The Labute approximate surface area is 106 Å². The Morgan fingerprint density at radius 1 is 1.33 bits per heavy atom. The number of aromatic nitrogens is 2. The molecule has 1 unspecified atom stereocenters. The van der Waals surface area contributed by atoms with Crippen LogP contribution in [0.3, 0.4) is 0 Å². The molecule has 4 heteroatoms. The average Bonchev–Trinajstić information content (AvgIpc) is 2.93. The van der Waals surface area contributed by atoms with Crippen molar-refractivity contribution >= 4 is 5.91 Å². The molecule has 2 N–H and O–H groups in total. The predicted octanol–water partition coefficient (Wildman–Crippen LogP) is 2.68. The number of nitrogens with zero attached hydrogens (tertiary/aromatic N) is 1. The molecule has 4 nitrogen and oxygen atoms in total. The fourth-order valence-electron chi connectivity index (χ4n) is 1.91. The molecule has 1 aromatic heterocycles. The van der Waals surface area contributed by atoms with E-state index in [1.165, 1.54) is 0 Å². The summed E-state index contributed by atoms with van der Waals surface area (Å²) in [7, 11) is 0. The molecule has 0 saturated heterocycles. The zero-order valence-electron chi connectivity index (χ0n) is 10.4. The van der Waals surface area contributed by atoms with Crippen LogP contribution in [0, 0.1) is 0 Å². The van der Waals surface area contributed by atoms with Crippen molar-refractivity contribution in [2.24, 2.45) is 0 Å². The molecular weight excluding hydrogens is 226 g/mol. The van der Waals surface area contributed by atoms with Gasteiger partial charge in [-0.05, 0) is 18.1 Å². The van der Waals surface area contributed by atoms with Crippen molar-refractivity contribution < 1.29 is 4.79 Å². The van der Waals surface area contributed by atoms with Crippen molar-refractivity contribution in [1.29, 1.82) is 0 Å². The highest BCUT2D eigenvalue weighted by Crippen LogP contribution is 2.18. The Morgan fingerprint density at radius 2 is 2.11 bits per heavy atom. The second-order valence-electron chi connectivity index (χ2n) is 4.20. The molecule has 94 valence electrons. The van der Waals surface area contributed by atoms with Gasteiger partial charge in [0.2, 0.25) is 0 Å². The van der Waals surface area contributed by atoms with Gasteiger partial charge in [-0.25, -0.2) is 0 Å². The SMILES string of the molecule is CCCC(NC(=O)c1ccn[nH]1)c1ccccc1. The van der Waals surface area contributed by atoms with E-state index in [1.54, 1.807) is 12.3 Å². The van der Waals surface area contributed by atoms with E-state index in [0.717, 1.165) is 18.4 Å². The van der Waals surface area contributed by atoms with Crippen molar-refractivity contribution in [2.75, 3.05) is 0 Å². The number of carbonyl (C=O) groups excluding carboxylic acids is 1. The van der Waals surface area contributed by atoms with Crippen LogP contribution in [0.4, 0.5) is 0 Å². The van der Waals surface area contributed by atoms with Crippen molar-refractivity contribution in [1.82, 2.24) is 15.5 Å².